The Hall–Kier alpha value is -2.52. The molecule has 9 heteroatoms. The highest BCUT2D eigenvalue weighted by molar-refractivity contribution is 5.86. The molecule has 0 aromatic heterocycles. The number of carbonyl (C=O) groups is 1. The highest BCUT2D eigenvalue weighted by Crippen LogP contribution is 2.27. The summed E-state index contributed by atoms with van der Waals surface area (Å²) in [4.78, 5) is 20.4. The first kappa shape index (κ1) is 22.8. The van der Waals surface area contributed by atoms with Gasteiger partial charge in [-0.25, -0.2) is 4.99 Å². The molecule has 1 aliphatic heterocycles. The number of methoxy groups -OCH3 is 2. The Balaban J connectivity index is 1.97. The van der Waals surface area contributed by atoms with E-state index in [1.165, 1.54) is 0 Å². The summed E-state index contributed by atoms with van der Waals surface area (Å²) >= 11 is 0. The zero-order valence-electron chi connectivity index (χ0n) is 17.9. The van der Waals surface area contributed by atoms with Crippen LogP contribution in [0.4, 0.5) is 0 Å². The van der Waals surface area contributed by atoms with Gasteiger partial charge in [0.15, 0.2) is 17.5 Å². The van der Waals surface area contributed by atoms with Crippen molar-refractivity contribution in [3.63, 3.8) is 0 Å². The molecular formula is C20H33N5O4. The number of hydrogen-bond donors (Lipinski definition) is 2. The summed E-state index contributed by atoms with van der Waals surface area (Å²) in [7, 11) is 6.68. The van der Waals surface area contributed by atoms with Crippen molar-refractivity contribution < 1.29 is 19.0 Å². The Labute approximate surface area is 173 Å². The van der Waals surface area contributed by atoms with E-state index >= 15 is 0 Å². The lowest BCUT2D eigenvalue weighted by molar-refractivity contribution is -0.127. The van der Waals surface area contributed by atoms with Gasteiger partial charge < -0.3 is 29.7 Å². The molecule has 1 aliphatic rings. The fourth-order valence-corrected chi connectivity index (χ4v) is 2.80. The normalized spacial score (nSPS) is 15.0. The van der Waals surface area contributed by atoms with E-state index in [1.807, 2.05) is 18.2 Å². The smallest absolute Gasteiger partial charge is 0.241 e. The van der Waals surface area contributed by atoms with Gasteiger partial charge in [-0.1, -0.05) is 6.07 Å². The van der Waals surface area contributed by atoms with Crippen LogP contribution in [0.1, 0.15) is 5.56 Å². The van der Waals surface area contributed by atoms with Crippen molar-refractivity contribution in [2.75, 3.05) is 74.3 Å². The lowest BCUT2D eigenvalue weighted by atomic mass is 10.2. The maximum atomic E-state index is 11.9. The molecule has 0 radical (unpaired) electrons. The van der Waals surface area contributed by atoms with Crippen molar-refractivity contribution in [3.8, 4) is 11.5 Å². The molecule has 1 aromatic rings. The SMILES string of the molecule is COc1ccc(CN=C(NCCN2CCOCC2)NCC(=O)N(C)C)cc1OC. The third-order valence-corrected chi connectivity index (χ3v) is 4.60. The Bertz CT molecular complexity index is 675. The third-order valence-electron chi connectivity index (χ3n) is 4.60. The largest absolute Gasteiger partial charge is 0.493 e. The first-order chi connectivity index (χ1) is 14.0. The number of amides is 1. The van der Waals surface area contributed by atoms with E-state index in [0.717, 1.165) is 45.0 Å². The molecule has 0 atom stereocenters. The van der Waals surface area contributed by atoms with Crippen molar-refractivity contribution in [2.45, 2.75) is 6.54 Å². The maximum Gasteiger partial charge on any atom is 0.241 e. The number of aliphatic imine (C=N–C) groups is 1. The molecule has 0 saturated carbocycles. The number of guanidine groups is 1. The lowest BCUT2D eigenvalue weighted by Gasteiger charge is -2.26. The Morgan fingerprint density at radius 1 is 1.17 bits per heavy atom. The fourth-order valence-electron chi connectivity index (χ4n) is 2.80. The van der Waals surface area contributed by atoms with Gasteiger partial charge in [0.2, 0.25) is 5.91 Å². The molecule has 1 aromatic carbocycles. The number of benzene rings is 1. The number of nitrogens with one attached hydrogen (secondary N) is 2. The average molecular weight is 408 g/mol. The van der Waals surface area contributed by atoms with E-state index in [4.69, 9.17) is 14.2 Å². The molecule has 1 heterocycles. The number of ether oxygens (including phenoxy) is 3. The number of hydrogen-bond acceptors (Lipinski definition) is 6. The summed E-state index contributed by atoms with van der Waals surface area (Å²) in [6.07, 6.45) is 0. The minimum absolute atomic E-state index is 0.0150. The Morgan fingerprint density at radius 2 is 1.90 bits per heavy atom. The quantitative estimate of drug-likeness (QED) is 0.445. The minimum Gasteiger partial charge on any atom is -0.493 e. The second kappa shape index (κ2) is 12.1. The summed E-state index contributed by atoms with van der Waals surface area (Å²) in [6, 6.07) is 5.71. The molecule has 1 amide bonds. The highest BCUT2D eigenvalue weighted by atomic mass is 16.5. The molecule has 162 valence electrons. The predicted octanol–water partition coefficient (Wildman–Crippen LogP) is 0.159. The molecule has 0 aliphatic carbocycles. The van der Waals surface area contributed by atoms with Crippen molar-refractivity contribution >= 4 is 11.9 Å². The molecule has 2 N–H and O–H groups in total. The summed E-state index contributed by atoms with van der Waals surface area (Å²) in [5, 5.41) is 6.42. The molecule has 1 saturated heterocycles. The average Bonchev–Trinajstić information content (AvgIpc) is 2.75. The van der Waals surface area contributed by atoms with Crippen molar-refractivity contribution in [1.82, 2.24) is 20.4 Å². The maximum absolute atomic E-state index is 11.9. The van der Waals surface area contributed by atoms with Crippen LogP contribution in [-0.4, -0.2) is 95.9 Å². The molecule has 0 spiro atoms. The molecule has 0 unspecified atom stereocenters. The minimum atomic E-state index is -0.0150. The number of morpholine rings is 1. The van der Waals surface area contributed by atoms with E-state index in [9.17, 15) is 4.79 Å². The topological polar surface area (TPSA) is 87.7 Å². The van der Waals surface area contributed by atoms with Crippen molar-refractivity contribution in [1.29, 1.82) is 0 Å². The number of rotatable bonds is 9. The molecule has 1 fully saturated rings. The van der Waals surface area contributed by atoms with Gasteiger partial charge in [0, 0.05) is 40.3 Å². The third kappa shape index (κ3) is 7.78. The monoisotopic (exact) mass is 407 g/mol. The van der Waals surface area contributed by atoms with E-state index < -0.39 is 0 Å². The second-order valence-electron chi connectivity index (χ2n) is 6.88. The molecular weight excluding hydrogens is 374 g/mol. The van der Waals surface area contributed by atoms with Crippen LogP contribution < -0.4 is 20.1 Å². The predicted molar refractivity (Wildman–Crippen MR) is 113 cm³/mol. The Morgan fingerprint density at radius 3 is 2.55 bits per heavy atom. The first-order valence-electron chi connectivity index (χ1n) is 9.77. The summed E-state index contributed by atoms with van der Waals surface area (Å²) in [6.45, 7) is 5.67. The Kier molecular flexibility index (Phi) is 9.52. The van der Waals surface area contributed by atoms with Crippen LogP contribution in [0.15, 0.2) is 23.2 Å². The number of likely N-dealkylation sites (N-methyl/N-ethyl adjacent to an activating group) is 1. The van der Waals surface area contributed by atoms with Gasteiger partial charge in [0.05, 0.1) is 40.5 Å². The first-order valence-corrected chi connectivity index (χ1v) is 9.77. The summed E-state index contributed by atoms with van der Waals surface area (Å²) in [5.41, 5.74) is 0.982. The van der Waals surface area contributed by atoms with Crippen molar-refractivity contribution in [2.24, 2.45) is 4.99 Å². The molecule has 2 rings (SSSR count). The van der Waals surface area contributed by atoms with Crippen LogP contribution in [0, 0.1) is 0 Å². The second-order valence-corrected chi connectivity index (χ2v) is 6.88. The van der Waals surface area contributed by atoms with Crippen LogP contribution >= 0.6 is 0 Å². The van der Waals surface area contributed by atoms with Crippen LogP contribution in [0.2, 0.25) is 0 Å². The van der Waals surface area contributed by atoms with Gasteiger partial charge in [-0.15, -0.1) is 0 Å². The fraction of sp³-hybridized carbons (Fsp3) is 0.600. The standard InChI is InChI=1S/C20H33N5O4/c1-24(2)19(26)15-23-20(21-7-8-25-9-11-29-12-10-25)22-14-16-5-6-17(27-3)18(13-16)28-4/h5-6,13H,7-12,14-15H2,1-4H3,(H2,21,22,23). The number of nitrogens with zero attached hydrogens (tertiary/aromatic N) is 3. The van der Waals surface area contributed by atoms with Gasteiger partial charge in [0.1, 0.15) is 0 Å². The van der Waals surface area contributed by atoms with Crippen LogP contribution in [0.3, 0.4) is 0 Å². The van der Waals surface area contributed by atoms with Gasteiger partial charge in [0.25, 0.3) is 0 Å². The zero-order valence-corrected chi connectivity index (χ0v) is 17.9. The highest BCUT2D eigenvalue weighted by Gasteiger charge is 2.11. The van der Waals surface area contributed by atoms with Crippen molar-refractivity contribution in [3.05, 3.63) is 23.8 Å². The molecule has 0 bridgehead atoms. The summed E-state index contributed by atoms with van der Waals surface area (Å²) < 4.78 is 16.0. The molecule has 29 heavy (non-hydrogen) atoms. The zero-order chi connectivity index (χ0) is 21.1. The van der Waals surface area contributed by atoms with E-state index in [0.29, 0.717) is 24.0 Å². The molecule has 9 nitrogen and oxygen atoms in total. The van der Waals surface area contributed by atoms with Gasteiger partial charge in [-0.3, -0.25) is 9.69 Å². The van der Waals surface area contributed by atoms with Gasteiger partial charge in [-0.05, 0) is 17.7 Å². The van der Waals surface area contributed by atoms with E-state index in [2.05, 4.69) is 20.5 Å². The van der Waals surface area contributed by atoms with Crippen LogP contribution in [-0.2, 0) is 16.1 Å². The van der Waals surface area contributed by atoms with Crippen LogP contribution in [0.25, 0.3) is 0 Å². The van der Waals surface area contributed by atoms with Crippen LogP contribution in [0.5, 0.6) is 11.5 Å². The number of carbonyl (C=O) groups excluding carboxylic acids is 1. The van der Waals surface area contributed by atoms with E-state index in [-0.39, 0.29) is 12.5 Å². The summed E-state index contributed by atoms with van der Waals surface area (Å²) in [5.74, 6) is 1.93. The van der Waals surface area contributed by atoms with Gasteiger partial charge in [-0.2, -0.15) is 0 Å². The lowest BCUT2D eigenvalue weighted by Crippen LogP contribution is -2.46. The van der Waals surface area contributed by atoms with Gasteiger partial charge >= 0.3 is 0 Å². The van der Waals surface area contributed by atoms with E-state index in [1.54, 1.807) is 33.2 Å².